The molecule has 17 heteroatoms. The Kier molecular flexibility index (Phi) is 6.78. The van der Waals surface area contributed by atoms with Gasteiger partial charge in [0, 0.05) is 12.1 Å². The number of hydrogen-bond acceptors (Lipinski definition) is 4. The number of halogens is 13. The van der Waals surface area contributed by atoms with Crippen LogP contribution in [0.5, 0.6) is 23.0 Å². The first kappa shape index (κ1) is 27.5. The third kappa shape index (κ3) is 4.97. The molecule has 0 aliphatic heterocycles. The van der Waals surface area contributed by atoms with Crippen LogP contribution in [0.1, 0.15) is 11.1 Å². The maximum Gasteiger partial charge on any atom is 0.420 e. The zero-order valence-electron chi connectivity index (χ0n) is 17.1. The Morgan fingerprint density at radius 3 is 1.30 bits per heavy atom. The highest BCUT2D eigenvalue weighted by molar-refractivity contribution is 5.56. The third-order valence-corrected chi connectivity index (χ3v) is 4.49. The fourth-order valence-corrected chi connectivity index (χ4v) is 2.86. The Morgan fingerprint density at radius 2 is 0.892 bits per heavy atom. The molecule has 0 atom stereocenters. The average molecular weight is 554 g/mol. The van der Waals surface area contributed by atoms with Crippen LogP contribution in [0.2, 0.25) is 0 Å². The highest BCUT2D eigenvalue weighted by Crippen LogP contribution is 2.51. The third-order valence-electron chi connectivity index (χ3n) is 4.49. The molecule has 0 aromatic heterocycles. The molecule has 0 amide bonds. The predicted octanol–water partition coefficient (Wildman–Crippen LogP) is 7.45. The molecule has 0 unspecified atom stereocenters. The van der Waals surface area contributed by atoms with E-state index in [0.29, 0.717) is 0 Å². The predicted molar refractivity (Wildman–Crippen MR) is 98.0 cm³/mol. The van der Waals surface area contributed by atoms with Crippen molar-refractivity contribution in [1.29, 1.82) is 0 Å². The van der Waals surface area contributed by atoms with E-state index in [2.05, 4.69) is 9.47 Å². The van der Waals surface area contributed by atoms with Gasteiger partial charge >= 0.3 is 12.4 Å². The Bertz CT molecular complexity index is 1400. The molecule has 0 bridgehead atoms. The van der Waals surface area contributed by atoms with Crippen LogP contribution in [0.3, 0.4) is 0 Å². The van der Waals surface area contributed by atoms with Gasteiger partial charge in [0.25, 0.3) is 0 Å². The minimum atomic E-state index is -6.10. The van der Waals surface area contributed by atoms with Crippen LogP contribution in [0.25, 0.3) is 0 Å². The van der Waals surface area contributed by atoms with Crippen molar-refractivity contribution >= 4 is 11.4 Å². The molecule has 0 heterocycles. The van der Waals surface area contributed by atoms with Crippen LogP contribution in [-0.4, -0.2) is 0 Å². The summed E-state index contributed by atoms with van der Waals surface area (Å²) >= 11 is 0. The molecule has 3 aromatic carbocycles. The first-order valence-corrected chi connectivity index (χ1v) is 9.08. The topological polar surface area (TPSA) is 70.5 Å². The lowest BCUT2D eigenvalue weighted by atomic mass is 10.0. The van der Waals surface area contributed by atoms with Gasteiger partial charge in [0.05, 0.1) is 16.9 Å². The van der Waals surface area contributed by atoms with Crippen LogP contribution in [-0.2, 0) is 12.4 Å². The molecular weight excluding hydrogens is 547 g/mol. The Labute approximate surface area is 195 Å². The van der Waals surface area contributed by atoms with Gasteiger partial charge in [-0.05, 0) is 6.07 Å². The van der Waals surface area contributed by atoms with Gasteiger partial charge in [0.2, 0.25) is 17.5 Å². The highest BCUT2D eigenvalue weighted by atomic mass is 19.4. The molecule has 3 aromatic rings. The minimum Gasteiger partial charge on any atom is -0.451 e. The van der Waals surface area contributed by atoms with Crippen molar-refractivity contribution in [3.63, 3.8) is 0 Å². The zero-order valence-corrected chi connectivity index (χ0v) is 17.1. The largest absolute Gasteiger partial charge is 0.451 e. The minimum absolute atomic E-state index is 0.0101. The van der Waals surface area contributed by atoms with E-state index in [-0.39, 0.29) is 12.1 Å². The summed E-state index contributed by atoms with van der Waals surface area (Å²) in [5.74, 6) is -23.9. The Hall–Kier alpha value is -4.05. The Balaban J connectivity index is 2.36. The van der Waals surface area contributed by atoms with Crippen LogP contribution in [0, 0.1) is 40.7 Å². The molecule has 0 saturated heterocycles. The summed E-state index contributed by atoms with van der Waals surface area (Å²) in [6.07, 6.45) is -12.1. The average Bonchev–Trinajstić information content (AvgIpc) is 2.78. The molecular formula is C20H7F13N2O2. The van der Waals surface area contributed by atoms with Gasteiger partial charge in [0.1, 0.15) is 5.56 Å². The van der Waals surface area contributed by atoms with E-state index in [4.69, 9.17) is 11.5 Å². The van der Waals surface area contributed by atoms with Gasteiger partial charge < -0.3 is 20.9 Å². The van der Waals surface area contributed by atoms with Gasteiger partial charge in [-0.15, -0.1) is 0 Å². The Morgan fingerprint density at radius 1 is 0.486 bits per heavy atom. The second-order valence-electron chi connectivity index (χ2n) is 6.95. The van der Waals surface area contributed by atoms with Gasteiger partial charge in [-0.3, -0.25) is 0 Å². The van der Waals surface area contributed by atoms with E-state index in [0.717, 1.165) is 0 Å². The fourth-order valence-electron chi connectivity index (χ4n) is 2.86. The standard InChI is InChI=1S/C20H7F13N2O2/c21-11-5(34)2-8(13(23)16(11)26)36-7-1-4(19(28,29)30)10(20(31,32)33)18(15(7)25)37-9-3-6(35)12(22)17(27)14(9)24/h1-3H,34-35H2. The number of benzene rings is 3. The molecule has 0 fully saturated rings. The van der Waals surface area contributed by atoms with Crippen LogP contribution in [0.4, 0.5) is 68.5 Å². The van der Waals surface area contributed by atoms with Crippen LogP contribution < -0.4 is 20.9 Å². The molecule has 3 rings (SSSR count). The molecule has 4 N–H and O–H groups in total. The molecule has 0 radical (unpaired) electrons. The smallest absolute Gasteiger partial charge is 0.420 e. The lowest BCUT2D eigenvalue weighted by Gasteiger charge is -2.22. The van der Waals surface area contributed by atoms with Crippen molar-refractivity contribution in [3.05, 3.63) is 70.0 Å². The summed E-state index contributed by atoms with van der Waals surface area (Å²) in [4.78, 5) is 0. The number of anilines is 2. The van der Waals surface area contributed by atoms with E-state index in [1.54, 1.807) is 0 Å². The van der Waals surface area contributed by atoms with Gasteiger partial charge in [0.15, 0.2) is 46.3 Å². The zero-order chi connectivity index (χ0) is 28.2. The number of ether oxygens (including phenoxy) is 2. The van der Waals surface area contributed by atoms with Crippen molar-refractivity contribution in [1.82, 2.24) is 0 Å². The molecule has 37 heavy (non-hydrogen) atoms. The molecule has 4 nitrogen and oxygen atoms in total. The summed E-state index contributed by atoms with van der Waals surface area (Å²) in [7, 11) is 0. The first-order chi connectivity index (χ1) is 16.9. The number of rotatable bonds is 4. The van der Waals surface area contributed by atoms with Gasteiger partial charge in [-0.2, -0.15) is 39.5 Å². The molecule has 0 aliphatic carbocycles. The lowest BCUT2D eigenvalue weighted by Crippen LogP contribution is -2.19. The van der Waals surface area contributed by atoms with Crippen LogP contribution in [0.15, 0.2) is 18.2 Å². The number of nitrogens with two attached hydrogens (primary N) is 2. The highest BCUT2D eigenvalue weighted by Gasteiger charge is 2.48. The number of alkyl halides is 6. The first-order valence-electron chi connectivity index (χ1n) is 9.08. The summed E-state index contributed by atoms with van der Waals surface area (Å²) in [6, 6.07) is -0.532. The summed E-state index contributed by atoms with van der Waals surface area (Å²) in [5.41, 5.74) is 1.83. The fraction of sp³-hybridized carbons (Fsp3) is 0.100. The maximum absolute atomic E-state index is 15.1. The van der Waals surface area contributed by atoms with Gasteiger partial charge in [-0.25, -0.2) is 17.6 Å². The monoisotopic (exact) mass is 554 g/mol. The number of hydrogen-bond donors (Lipinski definition) is 2. The quantitative estimate of drug-likeness (QED) is 0.200. The normalized spacial score (nSPS) is 12.1. The second kappa shape index (κ2) is 9.11. The van der Waals surface area contributed by atoms with E-state index >= 15 is 4.39 Å². The van der Waals surface area contributed by atoms with Crippen molar-refractivity contribution in [3.8, 4) is 23.0 Å². The number of nitrogen functional groups attached to an aromatic ring is 2. The van der Waals surface area contributed by atoms with Gasteiger partial charge in [-0.1, -0.05) is 0 Å². The van der Waals surface area contributed by atoms with Crippen molar-refractivity contribution in [2.24, 2.45) is 0 Å². The maximum atomic E-state index is 15.1. The van der Waals surface area contributed by atoms with Crippen LogP contribution >= 0.6 is 0 Å². The lowest BCUT2D eigenvalue weighted by molar-refractivity contribution is -0.163. The molecule has 0 spiro atoms. The summed E-state index contributed by atoms with van der Waals surface area (Å²) < 4.78 is 187. The van der Waals surface area contributed by atoms with E-state index in [9.17, 15) is 52.7 Å². The van der Waals surface area contributed by atoms with E-state index in [1.165, 1.54) is 0 Å². The van der Waals surface area contributed by atoms with E-state index < -0.39 is 105 Å². The second-order valence-corrected chi connectivity index (χ2v) is 6.95. The van der Waals surface area contributed by atoms with Crippen molar-refractivity contribution < 1.29 is 66.5 Å². The van der Waals surface area contributed by atoms with Crippen molar-refractivity contribution in [2.45, 2.75) is 12.4 Å². The summed E-state index contributed by atoms with van der Waals surface area (Å²) in [6.45, 7) is 0. The molecule has 200 valence electrons. The van der Waals surface area contributed by atoms with Crippen molar-refractivity contribution in [2.75, 3.05) is 11.5 Å². The van der Waals surface area contributed by atoms with E-state index in [1.807, 2.05) is 0 Å². The molecule has 0 saturated carbocycles. The summed E-state index contributed by atoms with van der Waals surface area (Å²) in [5, 5.41) is 0. The molecule has 0 aliphatic rings. The SMILES string of the molecule is Nc1cc(Oc2cc(C(F)(F)F)c(C(F)(F)F)c(Oc3cc(N)c(F)c(F)c3F)c2F)c(F)c(F)c1F.